The molecule has 0 saturated carbocycles. The first-order valence-electron chi connectivity index (χ1n) is 9.66. The number of nitrogens with zero attached hydrogens (tertiary/aromatic N) is 1. The molecule has 1 fully saturated rings. The van der Waals surface area contributed by atoms with Crippen molar-refractivity contribution in [2.75, 3.05) is 32.9 Å². The van der Waals surface area contributed by atoms with Gasteiger partial charge in [-0.3, -0.25) is 9.59 Å². The van der Waals surface area contributed by atoms with E-state index in [0.29, 0.717) is 43.0 Å². The molecule has 29 heavy (non-hydrogen) atoms. The minimum absolute atomic E-state index is 0.0635. The van der Waals surface area contributed by atoms with Crippen LogP contribution in [0.15, 0.2) is 51.7 Å². The zero-order valence-electron chi connectivity index (χ0n) is 16.6. The van der Waals surface area contributed by atoms with Crippen molar-refractivity contribution in [1.29, 1.82) is 0 Å². The molecule has 0 spiro atoms. The molecular formula is C23H23NO5. The number of carbonyl (C=O) groups excluding carboxylic acids is 1. The zero-order chi connectivity index (χ0) is 20.4. The number of amides is 1. The van der Waals surface area contributed by atoms with Crippen molar-refractivity contribution in [2.45, 2.75) is 13.8 Å². The van der Waals surface area contributed by atoms with Crippen LogP contribution in [0.5, 0.6) is 5.75 Å². The summed E-state index contributed by atoms with van der Waals surface area (Å²) in [7, 11) is 0. The third-order valence-corrected chi connectivity index (χ3v) is 5.20. The predicted octanol–water partition coefficient (Wildman–Crippen LogP) is 3.31. The first-order valence-corrected chi connectivity index (χ1v) is 9.66. The van der Waals surface area contributed by atoms with Gasteiger partial charge in [-0.25, -0.2) is 0 Å². The molecular weight excluding hydrogens is 370 g/mol. The van der Waals surface area contributed by atoms with E-state index in [9.17, 15) is 9.59 Å². The Kier molecular flexibility index (Phi) is 5.36. The van der Waals surface area contributed by atoms with Gasteiger partial charge in [0.05, 0.1) is 18.6 Å². The SMILES string of the molecule is Cc1cc2oc(-c3ccccc3)c(OCC(=O)N3CCOCC3)c(=O)c2cc1C. The van der Waals surface area contributed by atoms with E-state index < -0.39 is 0 Å². The molecule has 2 heterocycles. The molecule has 1 aliphatic rings. The Morgan fingerprint density at radius 1 is 1.07 bits per heavy atom. The van der Waals surface area contributed by atoms with Gasteiger partial charge in [0.25, 0.3) is 5.91 Å². The number of morpholine rings is 1. The summed E-state index contributed by atoms with van der Waals surface area (Å²) in [5, 5.41) is 0.446. The van der Waals surface area contributed by atoms with Gasteiger partial charge in [0.2, 0.25) is 11.2 Å². The normalized spacial score (nSPS) is 14.2. The predicted molar refractivity (Wildman–Crippen MR) is 110 cm³/mol. The van der Waals surface area contributed by atoms with Crippen LogP contribution >= 0.6 is 0 Å². The Labute approximate surface area is 168 Å². The van der Waals surface area contributed by atoms with Crippen LogP contribution in [0, 0.1) is 13.8 Å². The number of aryl methyl sites for hydroxylation is 2. The molecule has 1 aliphatic heterocycles. The highest BCUT2D eigenvalue weighted by molar-refractivity contribution is 5.84. The minimum atomic E-state index is -0.275. The smallest absolute Gasteiger partial charge is 0.260 e. The molecule has 2 aromatic carbocycles. The molecule has 0 atom stereocenters. The molecule has 6 nitrogen and oxygen atoms in total. The van der Waals surface area contributed by atoms with Crippen molar-refractivity contribution < 1.29 is 18.7 Å². The van der Waals surface area contributed by atoms with Crippen molar-refractivity contribution in [1.82, 2.24) is 4.90 Å². The van der Waals surface area contributed by atoms with E-state index in [0.717, 1.165) is 16.7 Å². The highest BCUT2D eigenvalue weighted by Gasteiger charge is 2.22. The van der Waals surface area contributed by atoms with E-state index in [1.807, 2.05) is 56.3 Å². The fourth-order valence-corrected chi connectivity index (χ4v) is 3.38. The van der Waals surface area contributed by atoms with Gasteiger partial charge in [0, 0.05) is 18.7 Å². The summed E-state index contributed by atoms with van der Waals surface area (Å²) in [4.78, 5) is 27.4. The standard InChI is InChI=1S/C23H23NO5/c1-15-12-18-19(13-16(15)2)29-22(17-6-4-3-5-7-17)23(21(18)26)28-14-20(25)24-8-10-27-11-9-24/h3-7,12-13H,8-11,14H2,1-2H3. The lowest BCUT2D eigenvalue weighted by Gasteiger charge is -2.26. The first-order chi connectivity index (χ1) is 14.0. The average Bonchev–Trinajstić information content (AvgIpc) is 2.75. The molecule has 1 aromatic heterocycles. The van der Waals surface area contributed by atoms with Crippen LogP contribution in [0.4, 0.5) is 0 Å². The number of hydrogen-bond donors (Lipinski definition) is 0. The number of rotatable bonds is 4. The summed E-state index contributed by atoms with van der Waals surface area (Å²) in [6, 6.07) is 13.0. The highest BCUT2D eigenvalue weighted by atomic mass is 16.5. The van der Waals surface area contributed by atoms with Gasteiger partial charge in [-0.2, -0.15) is 0 Å². The molecule has 1 amide bonds. The molecule has 6 heteroatoms. The Morgan fingerprint density at radius 2 is 1.76 bits per heavy atom. The summed E-state index contributed by atoms with van der Waals surface area (Å²) >= 11 is 0. The fourth-order valence-electron chi connectivity index (χ4n) is 3.38. The maximum atomic E-state index is 13.2. The van der Waals surface area contributed by atoms with Gasteiger partial charge in [0.1, 0.15) is 5.58 Å². The largest absolute Gasteiger partial charge is 0.476 e. The Hall–Kier alpha value is -3.12. The quantitative estimate of drug-likeness (QED) is 0.680. The van der Waals surface area contributed by atoms with Gasteiger partial charge in [0.15, 0.2) is 12.4 Å². The van der Waals surface area contributed by atoms with Crippen LogP contribution in [0.2, 0.25) is 0 Å². The molecule has 0 radical (unpaired) electrons. The Balaban J connectivity index is 1.76. The van der Waals surface area contributed by atoms with E-state index >= 15 is 0 Å². The van der Waals surface area contributed by atoms with Crippen LogP contribution in [0.1, 0.15) is 11.1 Å². The van der Waals surface area contributed by atoms with Crippen LogP contribution in [0.25, 0.3) is 22.3 Å². The summed E-state index contributed by atoms with van der Waals surface area (Å²) in [5.41, 5.74) is 2.98. The second kappa shape index (κ2) is 8.09. The number of fused-ring (bicyclic) bond motifs is 1. The summed E-state index contributed by atoms with van der Waals surface area (Å²) in [6.45, 7) is 5.78. The number of carbonyl (C=O) groups is 1. The van der Waals surface area contributed by atoms with E-state index in [4.69, 9.17) is 13.9 Å². The van der Waals surface area contributed by atoms with E-state index in [-0.39, 0.29) is 23.7 Å². The fraction of sp³-hybridized carbons (Fsp3) is 0.304. The van der Waals surface area contributed by atoms with Crippen molar-refractivity contribution in [3.63, 3.8) is 0 Å². The molecule has 0 N–H and O–H groups in total. The maximum absolute atomic E-state index is 13.2. The second-order valence-corrected chi connectivity index (χ2v) is 7.17. The Bertz CT molecular complexity index is 1100. The highest BCUT2D eigenvalue weighted by Crippen LogP contribution is 2.31. The van der Waals surface area contributed by atoms with E-state index in [1.54, 1.807) is 4.90 Å². The zero-order valence-corrected chi connectivity index (χ0v) is 16.6. The van der Waals surface area contributed by atoms with Crippen molar-refractivity contribution in [3.05, 3.63) is 63.8 Å². The summed E-state index contributed by atoms with van der Waals surface area (Å²) < 4.78 is 17.2. The second-order valence-electron chi connectivity index (χ2n) is 7.17. The lowest BCUT2D eigenvalue weighted by molar-refractivity contribution is -0.137. The van der Waals surface area contributed by atoms with Crippen molar-refractivity contribution in [2.24, 2.45) is 0 Å². The van der Waals surface area contributed by atoms with Crippen LogP contribution in [0.3, 0.4) is 0 Å². The van der Waals surface area contributed by atoms with Crippen LogP contribution in [-0.2, 0) is 9.53 Å². The molecule has 0 bridgehead atoms. The van der Waals surface area contributed by atoms with Gasteiger partial charge in [-0.15, -0.1) is 0 Å². The average molecular weight is 393 g/mol. The lowest BCUT2D eigenvalue weighted by Crippen LogP contribution is -2.43. The number of hydrogen-bond acceptors (Lipinski definition) is 5. The number of ether oxygens (including phenoxy) is 2. The third-order valence-electron chi connectivity index (χ3n) is 5.20. The molecule has 0 unspecified atom stereocenters. The van der Waals surface area contributed by atoms with Crippen LogP contribution in [-0.4, -0.2) is 43.7 Å². The number of benzene rings is 2. The topological polar surface area (TPSA) is 69.0 Å². The molecule has 3 aromatic rings. The molecule has 150 valence electrons. The monoisotopic (exact) mass is 393 g/mol. The van der Waals surface area contributed by atoms with Crippen molar-refractivity contribution in [3.8, 4) is 17.1 Å². The van der Waals surface area contributed by atoms with E-state index in [1.165, 1.54) is 0 Å². The third kappa shape index (κ3) is 3.89. The molecule has 0 aliphatic carbocycles. The maximum Gasteiger partial charge on any atom is 0.260 e. The molecule has 4 rings (SSSR count). The van der Waals surface area contributed by atoms with Crippen molar-refractivity contribution >= 4 is 16.9 Å². The first kappa shape index (κ1) is 19.2. The van der Waals surface area contributed by atoms with E-state index in [2.05, 4.69) is 0 Å². The van der Waals surface area contributed by atoms with Gasteiger partial charge < -0.3 is 18.8 Å². The minimum Gasteiger partial charge on any atom is -0.476 e. The summed E-state index contributed by atoms with van der Waals surface area (Å²) in [5.74, 6) is 0.224. The van der Waals surface area contributed by atoms with Crippen LogP contribution < -0.4 is 10.2 Å². The van der Waals surface area contributed by atoms with Gasteiger partial charge in [-0.1, -0.05) is 30.3 Å². The van der Waals surface area contributed by atoms with Gasteiger partial charge in [-0.05, 0) is 37.1 Å². The summed E-state index contributed by atoms with van der Waals surface area (Å²) in [6.07, 6.45) is 0. The Morgan fingerprint density at radius 3 is 2.48 bits per heavy atom. The molecule has 1 saturated heterocycles. The lowest BCUT2D eigenvalue weighted by atomic mass is 10.0. The van der Waals surface area contributed by atoms with Gasteiger partial charge >= 0.3 is 0 Å².